The van der Waals surface area contributed by atoms with Crippen molar-refractivity contribution in [2.45, 2.75) is 37.0 Å². The highest BCUT2D eigenvalue weighted by Crippen LogP contribution is 2.31. The number of hydrogen-bond acceptors (Lipinski definition) is 6. The maximum absolute atomic E-state index is 12.1. The average molecular weight is 338 g/mol. The summed E-state index contributed by atoms with van der Waals surface area (Å²) in [5, 5.41) is 1.85. The van der Waals surface area contributed by atoms with Crippen molar-refractivity contribution >= 4 is 37.4 Å². The zero-order valence-electron chi connectivity index (χ0n) is 12.1. The van der Waals surface area contributed by atoms with Crippen LogP contribution in [0.4, 0.5) is 5.82 Å². The smallest absolute Gasteiger partial charge is 0.214 e. The summed E-state index contributed by atoms with van der Waals surface area (Å²) in [6, 6.07) is 1.96. The molecule has 1 N–H and O–H groups in total. The van der Waals surface area contributed by atoms with E-state index in [1.165, 1.54) is 0 Å². The van der Waals surface area contributed by atoms with Crippen LogP contribution in [-0.4, -0.2) is 42.8 Å². The number of rotatable bonds is 4. The fraction of sp³-hybridized carbons (Fsp3) is 0.571. The summed E-state index contributed by atoms with van der Waals surface area (Å²) in [7, 11) is -3.13. The molecule has 2 fully saturated rings. The Balaban J connectivity index is 1.54. The number of piperidine rings is 1. The Morgan fingerprint density at radius 3 is 2.95 bits per heavy atom. The first-order valence-electron chi connectivity index (χ1n) is 7.58. The van der Waals surface area contributed by atoms with Gasteiger partial charge in [-0.1, -0.05) is 0 Å². The Hall–Kier alpha value is -1.25. The van der Waals surface area contributed by atoms with Crippen LogP contribution in [0.25, 0.3) is 10.2 Å². The van der Waals surface area contributed by atoms with Gasteiger partial charge in [0.05, 0.1) is 15.5 Å². The molecular weight excluding hydrogens is 320 g/mol. The molecule has 2 aliphatic rings. The van der Waals surface area contributed by atoms with Gasteiger partial charge in [-0.3, -0.25) is 0 Å². The molecule has 6 nitrogen and oxygen atoms in total. The van der Waals surface area contributed by atoms with Crippen LogP contribution < -0.4 is 9.62 Å². The topological polar surface area (TPSA) is 75.2 Å². The van der Waals surface area contributed by atoms with E-state index in [-0.39, 0.29) is 11.3 Å². The minimum Gasteiger partial charge on any atom is -0.354 e. The fourth-order valence-corrected chi connectivity index (χ4v) is 5.44. The van der Waals surface area contributed by atoms with Gasteiger partial charge >= 0.3 is 0 Å². The first kappa shape index (κ1) is 14.3. The Morgan fingerprint density at radius 2 is 2.14 bits per heavy atom. The molecule has 1 atom stereocenters. The number of nitrogens with one attached hydrogen (secondary N) is 1. The van der Waals surface area contributed by atoms with Gasteiger partial charge in [-0.15, -0.1) is 11.3 Å². The van der Waals surface area contributed by atoms with E-state index in [9.17, 15) is 8.42 Å². The van der Waals surface area contributed by atoms with E-state index in [0.29, 0.717) is 6.54 Å². The molecule has 22 heavy (non-hydrogen) atoms. The number of aromatic nitrogens is 2. The van der Waals surface area contributed by atoms with E-state index in [1.54, 1.807) is 17.7 Å². The summed E-state index contributed by atoms with van der Waals surface area (Å²) in [4.78, 5) is 10.9. The average Bonchev–Trinajstić information content (AvgIpc) is 3.26. The van der Waals surface area contributed by atoms with Gasteiger partial charge in [0.1, 0.15) is 12.1 Å². The lowest BCUT2D eigenvalue weighted by Gasteiger charge is -2.33. The molecule has 1 aliphatic carbocycles. The number of hydrogen-bond donors (Lipinski definition) is 1. The second kappa shape index (κ2) is 5.43. The van der Waals surface area contributed by atoms with Crippen molar-refractivity contribution in [3.8, 4) is 0 Å². The third-order valence-corrected chi connectivity index (χ3v) is 7.15. The van der Waals surface area contributed by atoms with Gasteiger partial charge in [0.2, 0.25) is 10.0 Å². The lowest BCUT2D eigenvalue weighted by molar-refractivity contribution is 0.464. The zero-order valence-corrected chi connectivity index (χ0v) is 13.7. The molecule has 4 rings (SSSR count). The van der Waals surface area contributed by atoms with Crippen molar-refractivity contribution in [2.24, 2.45) is 0 Å². The van der Waals surface area contributed by atoms with E-state index in [1.807, 2.05) is 11.4 Å². The highest BCUT2D eigenvalue weighted by Gasteiger charge is 2.37. The molecule has 0 spiro atoms. The molecule has 0 bridgehead atoms. The van der Waals surface area contributed by atoms with E-state index in [4.69, 9.17) is 0 Å². The van der Waals surface area contributed by atoms with Crippen LogP contribution in [0.2, 0.25) is 0 Å². The number of fused-ring (bicyclic) bond motifs is 1. The summed E-state index contributed by atoms with van der Waals surface area (Å²) >= 11 is 1.63. The molecule has 3 heterocycles. The van der Waals surface area contributed by atoms with Gasteiger partial charge in [0.15, 0.2) is 0 Å². The Bertz CT molecular complexity index is 785. The summed E-state index contributed by atoms with van der Waals surface area (Å²) in [6.07, 6.45) is 5.04. The number of nitrogens with zero attached hydrogens (tertiary/aromatic N) is 3. The van der Waals surface area contributed by atoms with Crippen molar-refractivity contribution < 1.29 is 8.42 Å². The predicted octanol–water partition coefficient (Wildman–Crippen LogP) is 1.74. The van der Waals surface area contributed by atoms with E-state index < -0.39 is 10.0 Å². The quantitative estimate of drug-likeness (QED) is 0.919. The molecular formula is C14H18N4O2S2. The highest BCUT2D eigenvalue weighted by atomic mass is 32.2. The largest absolute Gasteiger partial charge is 0.354 e. The lowest BCUT2D eigenvalue weighted by Crippen LogP contribution is -2.48. The van der Waals surface area contributed by atoms with Crippen LogP contribution in [0.3, 0.4) is 0 Å². The Kier molecular flexibility index (Phi) is 3.54. The predicted molar refractivity (Wildman–Crippen MR) is 87.7 cm³/mol. The molecule has 1 saturated heterocycles. The van der Waals surface area contributed by atoms with Crippen molar-refractivity contribution in [3.63, 3.8) is 0 Å². The molecule has 1 aliphatic heterocycles. The summed E-state index contributed by atoms with van der Waals surface area (Å²) < 4.78 is 28.2. The normalized spacial score (nSPS) is 23.1. The maximum Gasteiger partial charge on any atom is 0.214 e. The second-order valence-corrected chi connectivity index (χ2v) is 8.89. The first-order valence-corrected chi connectivity index (χ1v) is 10.0. The molecule has 0 radical (unpaired) electrons. The van der Waals surface area contributed by atoms with Crippen LogP contribution >= 0.6 is 11.3 Å². The minimum atomic E-state index is -3.13. The molecule has 0 amide bonds. The number of sulfonamides is 1. The van der Waals surface area contributed by atoms with E-state index in [0.717, 1.165) is 48.3 Å². The van der Waals surface area contributed by atoms with Crippen LogP contribution in [0.1, 0.15) is 25.7 Å². The fourth-order valence-electron chi connectivity index (χ4n) is 2.97. The molecule has 8 heteroatoms. The maximum atomic E-state index is 12.1. The van der Waals surface area contributed by atoms with Gasteiger partial charge in [-0.25, -0.2) is 23.1 Å². The molecule has 118 valence electrons. The van der Waals surface area contributed by atoms with Crippen LogP contribution in [0.15, 0.2) is 17.8 Å². The van der Waals surface area contributed by atoms with Gasteiger partial charge < -0.3 is 4.90 Å². The Labute approximate surface area is 133 Å². The third kappa shape index (κ3) is 2.70. The molecule has 2 aromatic heterocycles. The highest BCUT2D eigenvalue weighted by molar-refractivity contribution is 7.90. The van der Waals surface area contributed by atoms with Gasteiger partial charge in [0, 0.05) is 19.1 Å². The molecule has 2 aromatic rings. The molecule has 1 saturated carbocycles. The van der Waals surface area contributed by atoms with Crippen LogP contribution in [0.5, 0.6) is 0 Å². The summed E-state index contributed by atoms with van der Waals surface area (Å²) in [5.74, 6) is 0.926. The van der Waals surface area contributed by atoms with Crippen LogP contribution in [-0.2, 0) is 10.0 Å². The van der Waals surface area contributed by atoms with Crippen molar-refractivity contribution in [3.05, 3.63) is 17.8 Å². The van der Waals surface area contributed by atoms with Crippen LogP contribution in [0, 0.1) is 0 Å². The SMILES string of the molecule is O=S(=O)(NC1CCCN(c2ncnc3ccsc23)C1)C1CC1. The molecule has 1 unspecified atom stereocenters. The second-order valence-electron chi connectivity index (χ2n) is 5.98. The standard InChI is InChI=1S/C14H18N4O2S2/c19-22(20,11-3-4-11)17-10-2-1-6-18(8-10)14-13-12(5-7-21-13)15-9-16-14/h5,7,9-11,17H,1-4,6,8H2. The van der Waals surface area contributed by atoms with E-state index in [2.05, 4.69) is 19.6 Å². The Morgan fingerprint density at radius 1 is 1.27 bits per heavy atom. The monoisotopic (exact) mass is 338 g/mol. The van der Waals surface area contributed by atoms with Gasteiger partial charge in [-0.05, 0) is 37.1 Å². The summed E-state index contributed by atoms with van der Waals surface area (Å²) in [6.45, 7) is 1.58. The number of anilines is 1. The molecule has 0 aromatic carbocycles. The lowest BCUT2D eigenvalue weighted by atomic mass is 10.1. The minimum absolute atomic E-state index is 0.0238. The summed E-state index contributed by atoms with van der Waals surface area (Å²) in [5.41, 5.74) is 0.954. The van der Waals surface area contributed by atoms with Gasteiger partial charge in [-0.2, -0.15) is 0 Å². The number of thiophene rings is 1. The third-order valence-electron chi connectivity index (χ3n) is 4.24. The van der Waals surface area contributed by atoms with Crippen molar-refractivity contribution in [1.82, 2.24) is 14.7 Å². The van der Waals surface area contributed by atoms with E-state index >= 15 is 0 Å². The van der Waals surface area contributed by atoms with Crippen molar-refractivity contribution in [1.29, 1.82) is 0 Å². The van der Waals surface area contributed by atoms with Crippen molar-refractivity contribution in [2.75, 3.05) is 18.0 Å². The van der Waals surface area contributed by atoms with Gasteiger partial charge in [0.25, 0.3) is 0 Å². The zero-order chi connectivity index (χ0) is 15.2. The first-order chi connectivity index (χ1) is 10.6.